The monoisotopic (exact) mass is 361 g/mol. The molecule has 2 amide bonds. The van der Waals surface area contributed by atoms with Crippen LogP contribution in [0.25, 0.3) is 10.9 Å². The van der Waals surface area contributed by atoms with Crippen LogP contribution < -0.4 is 0 Å². The van der Waals surface area contributed by atoms with Crippen molar-refractivity contribution in [2.75, 3.05) is 26.2 Å². The summed E-state index contributed by atoms with van der Waals surface area (Å²) in [7, 11) is 0. The zero-order valence-corrected chi connectivity index (χ0v) is 15.7. The summed E-state index contributed by atoms with van der Waals surface area (Å²) in [6.45, 7) is 6.15. The molecule has 2 aromatic carbocycles. The number of para-hydroxylation sites is 1. The summed E-state index contributed by atoms with van der Waals surface area (Å²) in [6.07, 6.45) is 0. The molecule has 4 rings (SSSR count). The third-order valence-corrected chi connectivity index (χ3v) is 5.26. The number of rotatable bonds is 2. The first-order valence-corrected chi connectivity index (χ1v) is 9.27. The predicted molar refractivity (Wildman–Crippen MR) is 106 cm³/mol. The molecule has 1 aliphatic rings. The van der Waals surface area contributed by atoms with E-state index >= 15 is 0 Å². The van der Waals surface area contributed by atoms with Crippen LogP contribution in [0.15, 0.2) is 48.5 Å². The van der Waals surface area contributed by atoms with E-state index < -0.39 is 0 Å². The number of fused-ring (bicyclic) bond motifs is 1. The Hall–Kier alpha value is -3.08. The SMILES string of the molecule is Cc1ccc(C(=O)N2CCN(C(=O)c3c(C)[nH]c4ccccc34)CC2)cc1. The van der Waals surface area contributed by atoms with Crippen LogP contribution in [0, 0.1) is 13.8 Å². The summed E-state index contributed by atoms with van der Waals surface area (Å²) < 4.78 is 0. The highest BCUT2D eigenvalue weighted by atomic mass is 16.2. The number of carbonyl (C=O) groups excluding carboxylic acids is 2. The minimum absolute atomic E-state index is 0.0328. The highest BCUT2D eigenvalue weighted by Crippen LogP contribution is 2.24. The Labute approximate surface area is 158 Å². The van der Waals surface area contributed by atoms with E-state index in [9.17, 15) is 9.59 Å². The number of H-pyrrole nitrogens is 1. The first-order valence-electron chi connectivity index (χ1n) is 9.27. The number of benzene rings is 2. The normalized spacial score (nSPS) is 14.6. The summed E-state index contributed by atoms with van der Waals surface area (Å²) in [4.78, 5) is 32.7. The molecule has 1 aliphatic heterocycles. The first kappa shape index (κ1) is 17.3. The van der Waals surface area contributed by atoms with Gasteiger partial charge in [0.25, 0.3) is 11.8 Å². The van der Waals surface area contributed by atoms with Crippen LogP contribution in [0.1, 0.15) is 32.0 Å². The number of aryl methyl sites for hydroxylation is 2. The van der Waals surface area contributed by atoms with Crippen molar-refractivity contribution in [1.82, 2.24) is 14.8 Å². The zero-order chi connectivity index (χ0) is 19.0. The van der Waals surface area contributed by atoms with Gasteiger partial charge in [-0.3, -0.25) is 9.59 Å². The van der Waals surface area contributed by atoms with Crippen molar-refractivity contribution in [3.05, 3.63) is 70.9 Å². The minimum Gasteiger partial charge on any atom is -0.358 e. The Balaban J connectivity index is 1.47. The molecule has 1 fully saturated rings. The number of aromatic nitrogens is 1. The van der Waals surface area contributed by atoms with Gasteiger partial charge in [0.15, 0.2) is 0 Å². The lowest BCUT2D eigenvalue weighted by molar-refractivity contribution is 0.0536. The van der Waals surface area contributed by atoms with Gasteiger partial charge < -0.3 is 14.8 Å². The van der Waals surface area contributed by atoms with E-state index in [1.807, 2.05) is 72.2 Å². The second kappa shape index (κ2) is 6.91. The Morgan fingerprint density at radius 1 is 0.815 bits per heavy atom. The molecule has 1 N–H and O–H groups in total. The maximum Gasteiger partial charge on any atom is 0.256 e. The molecular weight excluding hydrogens is 338 g/mol. The van der Waals surface area contributed by atoms with Gasteiger partial charge in [0.1, 0.15) is 0 Å². The maximum absolute atomic E-state index is 13.1. The lowest BCUT2D eigenvalue weighted by Crippen LogP contribution is -2.50. The molecular formula is C22H23N3O2. The second-order valence-corrected chi connectivity index (χ2v) is 7.12. The molecule has 0 radical (unpaired) electrons. The Kier molecular flexibility index (Phi) is 4.44. The number of piperazine rings is 1. The fourth-order valence-electron chi connectivity index (χ4n) is 3.70. The summed E-state index contributed by atoms with van der Waals surface area (Å²) in [6, 6.07) is 15.5. The van der Waals surface area contributed by atoms with E-state index in [-0.39, 0.29) is 11.8 Å². The molecule has 27 heavy (non-hydrogen) atoms. The van der Waals surface area contributed by atoms with E-state index in [4.69, 9.17) is 0 Å². The molecule has 0 saturated carbocycles. The van der Waals surface area contributed by atoms with Crippen molar-refractivity contribution < 1.29 is 9.59 Å². The predicted octanol–water partition coefficient (Wildman–Crippen LogP) is 3.38. The second-order valence-electron chi connectivity index (χ2n) is 7.12. The summed E-state index contributed by atoms with van der Waals surface area (Å²) in [5.74, 6) is 0.0674. The van der Waals surface area contributed by atoms with E-state index in [2.05, 4.69) is 4.98 Å². The fraction of sp³-hybridized carbons (Fsp3) is 0.273. The van der Waals surface area contributed by atoms with E-state index in [0.717, 1.165) is 27.7 Å². The average Bonchev–Trinajstić information content (AvgIpc) is 3.03. The standard InChI is InChI=1S/C22H23N3O2/c1-15-7-9-17(10-8-15)21(26)24-11-13-25(14-12-24)22(27)20-16(2)23-19-6-4-3-5-18(19)20/h3-10,23H,11-14H2,1-2H3. The minimum atomic E-state index is 0.0328. The molecule has 1 saturated heterocycles. The topological polar surface area (TPSA) is 56.4 Å². The summed E-state index contributed by atoms with van der Waals surface area (Å²) in [5, 5.41) is 0.957. The van der Waals surface area contributed by atoms with Crippen LogP contribution in [0.3, 0.4) is 0 Å². The van der Waals surface area contributed by atoms with Gasteiger partial charge in [-0.05, 0) is 32.0 Å². The average molecular weight is 361 g/mol. The lowest BCUT2D eigenvalue weighted by atomic mass is 10.1. The number of nitrogens with zero attached hydrogens (tertiary/aromatic N) is 2. The maximum atomic E-state index is 13.1. The van der Waals surface area contributed by atoms with E-state index in [0.29, 0.717) is 31.7 Å². The summed E-state index contributed by atoms with van der Waals surface area (Å²) in [5.41, 5.74) is 4.44. The number of hydrogen-bond donors (Lipinski definition) is 1. The Morgan fingerprint density at radius 2 is 1.41 bits per heavy atom. The van der Waals surface area contributed by atoms with Gasteiger partial charge in [-0.1, -0.05) is 35.9 Å². The van der Waals surface area contributed by atoms with Gasteiger partial charge >= 0.3 is 0 Å². The molecule has 0 bridgehead atoms. The largest absolute Gasteiger partial charge is 0.358 e. The Bertz CT molecular complexity index is 996. The quantitative estimate of drug-likeness (QED) is 0.761. The smallest absolute Gasteiger partial charge is 0.256 e. The van der Waals surface area contributed by atoms with Crippen LogP contribution in [0.2, 0.25) is 0 Å². The molecule has 3 aromatic rings. The molecule has 0 aliphatic carbocycles. The molecule has 5 heteroatoms. The lowest BCUT2D eigenvalue weighted by Gasteiger charge is -2.35. The number of hydrogen-bond acceptors (Lipinski definition) is 2. The van der Waals surface area contributed by atoms with Crippen LogP contribution in [-0.2, 0) is 0 Å². The van der Waals surface area contributed by atoms with Gasteiger partial charge in [0.05, 0.1) is 5.56 Å². The molecule has 2 heterocycles. The van der Waals surface area contributed by atoms with Crippen LogP contribution >= 0.6 is 0 Å². The van der Waals surface area contributed by atoms with Crippen LogP contribution in [0.4, 0.5) is 0 Å². The fourth-order valence-corrected chi connectivity index (χ4v) is 3.70. The molecule has 138 valence electrons. The molecule has 5 nitrogen and oxygen atoms in total. The molecule has 1 aromatic heterocycles. The van der Waals surface area contributed by atoms with Gasteiger partial charge in [0.2, 0.25) is 0 Å². The zero-order valence-electron chi connectivity index (χ0n) is 15.7. The van der Waals surface area contributed by atoms with E-state index in [1.165, 1.54) is 0 Å². The van der Waals surface area contributed by atoms with Crippen LogP contribution in [0.5, 0.6) is 0 Å². The molecule has 0 spiro atoms. The van der Waals surface area contributed by atoms with Crippen molar-refractivity contribution in [1.29, 1.82) is 0 Å². The van der Waals surface area contributed by atoms with Gasteiger partial charge in [-0.2, -0.15) is 0 Å². The highest BCUT2D eigenvalue weighted by molar-refractivity contribution is 6.08. The van der Waals surface area contributed by atoms with Crippen molar-refractivity contribution in [2.24, 2.45) is 0 Å². The molecule has 0 unspecified atom stereocenters. The van der Waals surface area contributed by atoms with Gasteiger partial charge in [-0.25, -0.2) is 0 Å². The number of amides is 2. The van der Waals surface area contributed by atoms with Crippen LogP contribution in [-0.4, -0.2) is 52.8 Å². The van der Waals surface area contributed by atoms with E-state index in [1.54, 1.807) is 0 Å². The number of nitrogens with one attached hydrogen (secondary N) is 1. The van der Waals surface area contributed by atoms with Crippen molar-refractivity contribution >= 4 is 22.7 Å². The summed E-state index contributed by atoms with van der Waals surface area (Å²) >= 11 is 0. The third-order valence-electron chi connectivity index (χ3n) is 5.26. The highest BCUT2D eigenvalue weighted by Gasteiger charge is 2.27. The number of aromatic amines is 1. The molecule has 0 atom stereocenters. The first-order chi connectivity index (χ1) is 13.0. The van der Waals surface area contributed by atoms with Crippen molar-refractivity contribution in [3.63, 3.8) is 0 Å². The van der Waals surface area contributed by atoms with Gasteiger partial charge in [0, 0.05) is 48.3 Å². The van der Waals surface area contributed by atoms with Crippen molar-refractivity contribution in [2.45, 2.75) is 13.8 Å². The third kappa shape index (κ3) is 3.21. The number of carbonyl (C=O) groups is 2. The van der Waals surface area contributed by atoms with Crippen molar-refractivity contribution in [3.8, 4) is 0 Å². The Morgan fingerprint density at radius 3 is 2.07 bits per heavy atom. The van der Waals surface area contributed by atoms with Gasteiger partial charge in [-0.15, -0.1) is 0 Å².